The summed E-state index contributed by atoms with van der Waals surface area (Å²) < 4.78 is 1.76. The van der Waals surface area contributed by atoms with E-state index in [1.54, 1.807) is 6.07 Å². The highest BCUT2D eigenvalue weighted by molar-refractivity contribution is 9.10. The molecule has 0 spiro atoms. The fourth-order valence-electron chi connectivity index (χ4n) is 1.21. The van der Waals surface area contributed by atoms with Crippen LogP contribution in [0, 0.1) is 0 Å². The van der Waals surface area contributed by atoms with E-state index in [9.17, 15) is 4.79 Å². The second kappa shape index (κ2) is 5.81. The Hall–Kier alpha value is -0.920. The summed E-state index contributed by atoms with van der Waals surface area (Å²) >= 11 is 6.34. The van der Waals surface area contributed by atoms with E-state index in [2.05, 4.69) is 26.1 Å². The van der Waals surface area contributed by atoms with Gasteiger partial charge < -0.3 is 4.90 Å². The van der Waals surface area contributed by atoms with Crippen LogP contribution < -0.4 is 4.90 Å². The number of rotatable bonds is 4. The summed E-state index contributed by atoms with van der Waals surface area (Å²) in [5.74, 6) is 0. The Morgan fingerprint density at radius 2 is 2.17 bits per heavy atom. The van der Waals surface area contributed by atoms with Crippen LogP contribution in [-0.2, 0) is 0 Å². The van der Waals surface area contributed by atoms with Gasteiger partial charge in [-0.25, -0.2) is 0 Å². The predicted octanol–water partition coefficient (Wildman–Crippen LogP) is 3.33. The van der Waals surface area contributed by atoms with Crippen molar-refractivity contribution in [2.75, 3.05) is 19.0 Å². The molecule has 18 heavy (non-hydrogen) atoms. The van der Waals surface area contributed by atoms with Gasteiger partial charge in [0, 0.05) is 29.0 Å². The Kier molecular flexibility index (Phi) is 4.36. The lowest BCUT2D eigenvalue weighted by Crippen LogP contribution is -2.07. The van der Waals surface area contributed by atoms with E-state index < -0.39 is 0 Å². The van der Waals surface area contributed by atoms with E-state index >= 15 is 0 Å². The van der Waals surface area contributed by atoms with Crippen molar-refractivity contribution in [2.45, 2.75) is 9.24 Å². The van der Waals surface area contributed by atoms with Crippen LogP contribution in [0.3, 0.4) is 0 Å². The highest BCUT2D eigenvalue weighted by Gasteiger charge is 2.10. The third kappa shape index (κ3) is 3.09. The highest BCUT2D eigenvalue weighted by Crippen LogP contribution is 2.35. The molecule has 0 bridgehead atoms. The normalized spacial score (nSPS) is 10.4. The third-order valence-electron chi connectivity index (χ3n) is 2.08. The number of carbonyl (C=O) groups is 1. The molecule has 0 saturated carbocycles. The molecule has 1 aromatic heterocycles. The molecule has 0 saturated heterocycles. The summed E-state index contributed by atoms with van der Waals surface area (Å²) in [4.78, 5) is 13.8. The van der Waals surface area contributed by atoms with Crippen LogP contribution >= 0.6 is 39.0 Å². The van der Waals surface area contributed by atoms with Gasteiger partial charge in [-0.2, -0.15) is 0 Å². The number of halogens is 1. The minimum Gasteiger partial charge on any atom is -0.353 e. The summed E-state index contributed by atoms with van der Waals surface area (Å²) in [6, 6.07) is 5.54. The van der Waals surface area contributed by atoms with Crippen molar-refractivity contribution < 1.29 is 4.79 Å². The van der Waals surface area contributed by atoms with Gasteiger partial charge in [0.1, 0.15) is 0 Å². The Morgan fingerprint density at radius 1 is 1.39 bits per heavy atom. The van der Waals surface area contributed by atoms with Crippen molar-refractivity contribution in [3.8, 4) is 0 Å². The maximum Gasteiger partial charge on any atom is 0.208 e. The van der Waals surface area contributed by atoms with Crippen LogP contribution in [0.1, 0.15) is 10.4 Å². The van der Waals surface area contributed by atoms with Gasteiger partial charge in [-0.3, -0.25) is 4.79 Å². The first-order valence-corrected chi connectivity index (χ1v) is 7.46. The number of aromatic nitrogens is 2. The van der Waals surface area contributed by atoms with Gasteiger partial charge in [-0.1, -0.05) is 39.0 Å². The molecule has 2 aromatic rings. The van der Waals surface area contributed by atoms with E-state index in [0.717, 1.165) is 25.1 Å². The lowest BCUT2D eigenvalue weighted by molar-refractivity contribution is 0.112. The molecule has 2 rings (SSSR count). The quantitative estimate of drug-likeness (QED) is 0.796. The van der Waals surface area contributed by atoms with Crippen LogP contribution in [0.5, 0.6) is 0 Å². The van der Waals surface area contributed by atoms with Crippen molar-refractivity contribution in [3.05, 3.63) is 28.2 Å². The van der Waals surface area contributed by atoms with Gasteiger partial charge in [-0.05, 0) is 18.2 Å². The molecule has 0 unspecified atom stereocenters. The molecule has 0 radical (unpaired) electrons. The van der Waals surface area contributed by atoms with Gasteiger partial charge in [0.2, 0.25) is 5.13 Å². The van der Waals surface area contributed by atoms with E-state index in [1.807, 2.05) is 31.1 Å². The number of anilines is 1. The van der Waals surface area contributed by atoms with Crippen molar-refractivity contribution in [3.63, 3.8) is 0 Å². The van der Waals surface area contributed by atoms with Crippen molar-refractivity contribution >= 4 is 50.4 Å². The molecule has 0 amide bonds. The molecule has 0 aliphatic rings. The van der Waals surface area contributed by atoms with Crippen LogP contribution in [0.25, 0.3) is 0 Å². The largest absolute Gasteiger partial charge is 0.353 e. The third-order valence-corrected chi connectivity index (χ3v) is 4.79. The second-order valence-electron chi connectivity index (χ2n) is 3.65. The Morgan fingerprint density at radius 3 is 2.78 bits per heavy atom. The van der Waals surface area contributed by atoms with Crippen molar-refractivity contribution in [2.24, 2.45) is 0 Å². The first-order valence-electron chi connectivity index (χ1n) is 5.03. The fraction of sp³-hybridized carbons (Fsp3) is 0.182. The molecule has 0 atom stereocenters. The number of hydrogen-bond donors (Lipinski definition) is 0. The number of nitrogens with zero attached hydrogens (tertiary/aromatic N) is 3. The minimum absolute atomic E-state index is 0.657. The SMILES string of the molecule is CN(C)c1nnc(Sc2cc(Br)ccc2C=O)s1. The maximum absolute atomic E-state index is 11.0. The van der Waals surface area contributed by atoms with Gasteiger partial charge in [-0.15, -0.1) is 10.2 Å². The first kappa shape index (κ1) is 13.5. The first-order chi connectivity index (χ1) is 8.60. The molecule has 0 aliphatic heterocycles. The predicted molar refractivity (Wildman–Crippen MR) is 77.9 cm³/mol. The molecule has 94 valence electrons. The lowest BCUT2D eigenvalue weighted by atomic mass is 10.2. The number of carbonyl (C=O) groups excluding carboxylic acids is 1. The summed E-state index contributed by atoms with van der Waals surface area (Å²) in [5, 5.41) is 9.01. The van der Waals surface area contributed by atoms with Gasteiger partial charge in [0.15, 0.2) is 10.6 Å². The summed E-state index contributed by atoms with van der Waals surface area (Å²) in [5.41, 5.74) is 0.657. The maximum atomic E-state index is 11.0. The van der Waals surface area contributed by atoms with Crippen molar-refractivity contribution in [1.29, 1.82) is 0 Å². The summed E-state index contributed by atoms with van der Waals surface area (Å²) in [7, 11) is 3.84. The lowest BCUT2D eigenvalue weighted by Gasteiger charge is -2.04. The number of aldehydes is 1. The summed E-state index contributed by atoms with van der Waals surface area (Å²) in [6.45, 7) is 0. The van der Waals surface area contributed by atoms with Gasteiger partial charge in [0.05, 0.1) is 0 Å². The average Bonchev–Trinajstić information content (AvgIpc) is 2.78. The molecular weight excluding hydrogens is 334 g/mol. The Balaban J connectivity index is 2.27. The highest BCUT2D eigenvalue weighted by atomic mass is 79.9. The average molecular weight is 344 g/mol. The zero-order valence-electron chi connectivity index (χ0n) is 9.75. The molecule has 1 aromatic carbocycles. The van der Waals surface area contributed by atoms with E-state index in [-0.39, 0.29) is 0 Å². The Labute approximate surface area is 122 Å². The number of benzene rings is 1. The van der Waals surface area contributed by atoms with E-state index in [1.165, 1.54) is 23.1 Å². The smallest absolute Gasteiger partial charge is 0.208 e. The molecule has 0 fully saturated rings. The molecule has 7 heteroatoms. The molecular formula is C11H10BrN3OS2. The van der Waals surface area contributed by atoms with Crippen LogP contribution in [0.15, 0.2) is 31.9 Å². The second-order valence-corrected chi connectivity index (χ2v) is 6.81. The van der Waals surface area contributed by atoms with Crippen LogP contribution in [0.2, 0.25) is 0 Å². The topological polar surface area (TPSA) is 46.1 Å². The van der Waals surface area contributed by atoms with E-state index in [0.29, 0.717) is 5.56 Å². The van der Waals surface area contributed by atoms with E-state index in [4.69, 9.17) is 0 Å². The van der Waals surface area contributed by atoms with Crippen molar-refractivity contribution in [1.82, 2.24) is 10.2 Å². The summed E-state index contributed by atoms with van der Waals surface area (Å²) in [6.07, 6.45) is 0.850. The standard InChI is InChI=1S/C11H10BrN3OS2/c1-15(2)10-13-14-11(18-10)17-9-5-8(12)4-3-7(9)6-16/h3-6H,1-2H3. The zero-order valence-corrected chi connectivity index (χ0v) is 13.0. The zero-order chi connectivity index (χ0) is 13.1. The Bertz CT molecular complexity index is 571. The number of hydrogen-bond acceptors (Lipinski definition) is 6. The van der Waals surface area contributed by atoms with Gasteiger partial charge in [0.25, 0.3) is 0 Å². The fourth-order valence-corrected chi connectivity index (χ4v) is 3.58. The van der Waals surface area contributed by atoms with Gasteiger partial charge >= 0.3 is 0 Å². The molecule has 1 heterocycles. The molecule has 4 nitrogen and oxygen atoms in total. The molecule has 0 N–H and O–H groups in total. The monoisotopic (exact) mass is 343 g/mol. The minimum atomic E-state index is 0.657. The molecule has 0 aliphatic carbocycles. The van der Waals surface area contributed by atoms with Crippen LogP contribution in [0.4, 0.5) is 5.13 Å². The van der Waals surface area contributed by atoms with Crippen LogP contribution in [-0.4, -0.2) is 30.6 Å².